The van der Waals surface area contributed by atoms with Crippen molar-refractivity contribution in [1.29, 1.82) is 0 Å². The first-order chi connectivity index (χ1) is 11.9. The van der Waals surface area contributed by atoms with E-state index in [1.807, 2.05) is 24.3 Å². The number of likely N-dealkylation sites (N-methyl/N-ethyl adjacent to an activating group) is 1. The number of hydrogen-bond donors (Lipinski definition) is 1. The van der Waals surface area contributed by atoms with Gasteiger partial charge >= 0.3 is 0 Å². The summed E-state index contributed by atoms with van der Waals surface area (Å²) in [7, 11) is -2.25. The maximum atomic E-state index is 13.0. The summed E-state index contributed by atoms with van der Waals surface area (Å²) in [5.41, 5.74) is 2.35. The van der Waals surface area contributed by atoms with Gasteiger partial charge in [-0.2, -0.15) is 4.31 Å². The molecule has 1 atom stereocenters. The van der Waals surface area contributed by atoms with Crippen LogP contribution in [0.25, 0.3) is 0 Å². The van der Waals surface area contributed by atoms with Crippen molar-refractivity contribution in [2.75, 3.05) is 7.05 Å². The van der Waals surface area contributed by atoms with Crippen molar-refractivity contribution in [2.45, 2.75) is 24.8 Å². The molecule has 132 valence electrons. The van der Waals surface area contributed by atoms with Gasteiger partial charge in [0, 0.05) is 13.6 Å². The maximum absolute atomic E-state index is 13.0. The van der Waals surface area contributed by atoms with Crippen LogP contribution in [0.1, 0.15) is 16.7 Å². The van der Waals surface area contributed by atoms with Gasteiger partial charge in [-0.05, 0) is 35.2 Å². The van der Waals surface area contributed by atoms with Crippen LogP contribution in [-0.4, -0.2) is 31.7 Å². The average Bonchev–Trinajstić information content (AvgIpc) is 2.61. The molecule has 2 aromatic rings. The van der Waals surface area contributed by atoms with Crippen molar-refractivity contribution in [2.24, 2.45) is 0 Å². The Bertz CT molecular complexity index is 881. The van der Waals surface area contributed by atoms with Crippen LogP contribution in [-0.2, 0) is 33.5 Å². The van der Waals surface area contributed by atoms with Gasteiger partial charge in [0.1, 0.15) is 11.9 Å². The monoisotopic (exact) mass is 362 g/mol. The number of hydrogen-bond acceptors (Lipinski definition) is 3. The lowest BCUT2D eigenvalue weighted by Gasteiger charge is -2.34. The summed E-state index contributed by atoms with van der Waals surface area (Å²) in [5.74, 6) is -1.03. The molecule has 0 unspecified atom stereocenters. The van der Waals surface area contributed by atoms with Crippen LogP contribution >= 0.6 is 0 Å². The molecule has 7 heteroatoms. The van der Waals surface area contributed by atoms with Crippen LogP contribution in [0.3, 0.4) is 0 Å². The summed E-state index contributed by atoms with van der Waals surface area (Å²) in [5, 5.41) is 2.54. The summed E-state index contributed by atoms with van der Waals surface area (Å²) in [6, 6.07) is 12.1. The van der Waals surface area contributed by atoms with E-state index in [0.717, 1.165) is 11.1 Å². The molecule has 25 heavy (non-hydrogen) atoms. The highest BCUT2D eigenvalue weighted by Crippen LogP contribution is 2.27. The Morgan fingerprint density at radius 1 is 1.16 bits per heavy atom. The minimum absolute atomic E-state index is 0.151. The fourth-order valence-corrected chi connectivity index (χ4v) is 4.73. The summed E-state index contributed by atoms with van der Waals surface area (Å²) < 4.78 is 40.2. The van der Waals surface area contributed by atoms with Crippen molar-refractivity contribution >= 4 is 15.9 Å². The predicted octanol–water partition coefficient (Wildman–Crippen LogP) is 1.83. The molecule has 3 rings (SSSR count). The van der Waals surface area contributed by atoms with Gasteiger partial charge < -0.3 is 5.32 Å². The van der Waals surface area contributed by atoms with Crippen LogP contribution in [0, 0.1) is 5.82 Å². The second kappa shape index (κ2) is 6.93. The Morgan fingerprint density at radius 3 is 2.44 bits per heavy atom. The summed E-state index contributed by atoms with van der Waals surface area (Å²) in [4.78, 5) is 12.3. The molecular weight excluding hydrogens is 343 g/mol. The number of rotatable bonds is 4. The average molecular weight is 362 g/mol. The number of benzene rings is 2. The number of sulfonamides is 1. The normalized spacial score (nSPS) is 17.8. The van der Waals surface area contributed by atoms with Crippen LogP contribution in [0.4, 0.5) is 4.39 Å². The van der Waals surface area contributed by atoms with E-state index < -0.39 is 21.9 Å². The zero-order valence-electron chi connectivity index (χ0n) is 13.8. The summed E-state index contributed by atoms with van der Waals surface area (Å²) in [6.45, 7) is 0.151. The van der Waals surface area contributed by atoms with E-state index in [2.05, 4.69) is 5.32 Å². The molecule has 1 aliphatic heterocycles. The van der Waals surface area contributed by atoms with Gasteiger partial charge in [-0.3, -0.25) is 4.79 Å². The molecule has 0 saturated carbocycles. The van der Waals surface area contributed by atoms with Gasteiger partial charge in [-0.1, -0.05) is 36.4 Å². The topological polar surface area (TPSA) is 66.5 Å². The van der Waals surface area contributed by atoms with Crippen molar-refractivity contribution in [3.63, 3.8) is 0 Å². The zero-order chi connectivity index (χ0) is 18.0. The lowest BCUT2D eigenvalue weighted by atomic mass is 9.95. The van der Waals surface area contributed by atoms with E-state index in [1.165, 1.54) is 35.6 Å². The number of amides is 1. The lowest BCUT2D eigenvalue weighted by Crippen LogP contribution is -2.52. The Balaban J connectivity index is 1.93. The van der Waals surface area contributed by atoms with E-state index in [0.29, 0.717) is 12.0 Å². The molecular formula is C18H19FN2O3S. The second-order valence-corrected chi connectivity index (χ2v) is 7.95. The Labute approximate surface area is 146 Å². The van der Waals surface area contributed by atoms with E-state index in [4.69, 9.17) is 0 Å². The predicted molar refractivity (Wildman–Crippen MR) is 92.6 cm³/mol. The first-order valence-corrected chi connectivity index (χ1v) is 9.54. The fourth-order valence-electron chi connectivity index (χ4n) is 3.06. The Morgan fingerprint density at radius 2 is 1.80 bits per heavy atom. The molecule has 2 aromatic carbocycles. The van der Waals surface area contributed by atoms with E-state index in [9.17, 15) is 17.6 Å². The van der Waals surface area contributed by atoms with Gasteiger partial charge in [0.15, 0.2) is 0 Å². The number of fused-ring (bicyclic) bond motifs is 1. The molecule has 0 radical (unpaired) electrons. The molecule has 0 aliphatic carbocycles. The van der Waals surface area contributed by atoms with Gasteiger partial charge in [-0.25, -0.2) is 12.8 Å². The standard InChI is InChI=1S/C18H19FN2O3S/c1-20-18(22)17-10-14-4-2-3-5-15(14)11-21(17)25(23,24)12-13-6-8-16(19)9-7-13/h2-9,17H,10-12H2,1H3,(H,20,22)/t17-/m1/s1. The number of nitrogens with zero attached hydrogens (tertiary/aromatic N) is 1. The molecule has 1 amide bonds. The maximum Gasteiger partial charge on any atom is 0.238 e. The lowest BCUT2D eigenvalue weighted by molar-refractivity contribution is -0.124. The molecule has 0 saturated heterocycles. The Kier molecular flexibility index (Phi) is 4.87. The highest BCUT2D eigenvalue weighted by molar-refractivity contribution is 7.88. The van der Waals surface area contributed by atoms with Gasteiger partial charge in [0.2, 0.25) is 15.9 Å². The number of carbonyl (C=O) groups is 1. The van der Waals surface area contributed by atoms with Crippen LogP contribution in [0.2, 0.25) is 0 Å². The molecule has 0 spiro atoms. The molecule has 0 fully saturated rings. The quantitative estimate of drug-likeness (QED) is 0.902. The minimum atomic E-state index is -3.75. The highest BCUT2D eigenvalue weighted by atomic mass is 32.2. The number of halogens is 1. The first-order valence-electron chi connectivity index (χ1n) is 7.93. The summed E-state index contributed by atoms with van der Waals surface area (Å²) >= 11 is 0. The molecule has 5 nitrogen and oxygen atoms in total. The SMILES string of the molecule is CNC(=O)[C@H]1Cc2ccccc2CN1S(=O)(=O)Cc1ccc(F)cc1. The van der Waals surface area contributed by atoms with Gasteiger partial charge in [0.05, 0.1) is 5.75 Å². The van der Waals surface area contributed by atoms with Crippen molar-refractivity contribution in [3.05, 3.63) is 71.0 Å². The molecule has 0 bridgehead atoms. The summed E-state index contributed by atoms with van der Waals surface area (Å²) in [6.07, 6.45) is 0.332. The zero-order valence-corrected chi connectivity index (χ0v) is 14.6. The Hall–Kier alpha value is -2.25. The van der Waals surface area contributed by atoms with E-state index >= 15 is 0 Å². The van der Waals surface area contributed by atoms with Crippen LogP contribution in [0.5, 0.6) is 0 Å². The minimum Gasteiger partial charge on any atom is -0.358 e. The third-order valence-electron chi connectivity index (χ3n) is 4.37. The number of carbonyl (C=O) groups excluding carboxylic acids is 1. The van der Waals surface area contributed by atoms with Crippen molar-refractivity contribution in [3.8, 4) is 0 Å². The molecule has 1 heterocycles. The number of nitrogens with one attached hydrogen (secondary N) is 1. The molecule has 1 aliphatic rings. The largest absolute Gasteiger partial charge is 0.358 e. The smallest absolute Gasteiger partial charge is 0.238 e. The third-order valence-corrected chi connectivity index (χ3v) is 6.17. The first kappa shape index (κ1) is 17.6. The third kappa shape index (κ3) is 3.72. The highest BCUT2D eigenvalue weighted by Gasteiger charge is 2.38. The van der Waals surface area contributed by atoms with E-state index in [1.54, 1.807) is 0 Å². The van der Waals surface area contributed by atoms with Crippen LogP contribution < -0.4 is 5.32 Å². The van der Waals surface area contributed by atoms with Gasteiger partial charge in [0.25, 0.3) is 0 Å². The fraction of sp³-hybridized carbons (Fsp3) is 0.278. The van der Waals surface area contributed by atoms with Crippen molar-refractivity contribution in [1.82, 2.24) is 9.62 Å². The van der Waals surface area contributed by atoms with Gasteiger partial charge in [-0.15, -0.1) is 0 Å². The van der Waals surface area contributed by atoms with E-state index in [-0.39, 0.29) is 18.2 Å². The van der Waals surface area contributed by atoms with Crippen LogP contribution in [0.15, 0.2) is 48.5 Å². The molecule has 1 N–H and O–H groups in total. The van der Waals surface area contributed by atoms with Crippen molar-refractivity contribution < 1.29 is 17.6 Å². The molecule has 0 aromatic heterocycles. The second-order valence-electron chi connectivity index (χ2n) is 6.03.